The molecule has 0 aliphatic carbocycles. The van der Waals surface area contributed by atoms with Crippen molar-refractivity contribution < 1.29 is 14.6 Å². The zero-order valence-electron chi connectivity index (χ0n) is 10.5. The van der Waals surface area contributed by atoms with Gasteiger partial charge in [-0.15, -0.1) is 0 Å². The van der Waals surface area contributed by atoms with Gasteiger partial charge in [0.25, 0.3) is 0 Å². The molecule has 2 rings (SSSR count). The van der Waals surface area contributed by atoms with Crippen LogP contribution in [0.25, 0.3) is 5.70 Å². The van der Waals surface area contributed by atoms with Gasteiger partial charge in [0, 0.05) is 18.3 Å². The lowest BCUT2D eigenvalue weighted by atomic mass is 9.99. The lowest BCUT2D eigenvalue weighted by molar-refractivity contribution is 0.159. The van der Waals surface area contributed by atoms with Crippen LogP contribution in [0, 0.1) is 5.92 Å². The van der Waals surface area contributed by atoms with Gasteiger partial charge in [0.15, 0.2) is 0 Å². The molecule has 0 saturated heterocycles. The number of pyridine rings is 1. The lowest BCUT2D eigenvalue weighted by Crippen LogP contribution is -2.34. The molecule has 96 valence electrons. The van der Waals surface area contributed by atoms with Gasteiger partial charge in [-0.3, -0.25) is 9.88 Å². The molecule has 0 bridgehead atoms. The third kappa shape index (κ3) is 2.45. The van der Waals surface area contributed by atoms with E-state index in [2.05, 4.69) is 4.98 Å². The van der Waals surface area contributed by atoms with Crippen LogP contribution in [0.2, 0.25) is 0 Å². The summed E-state index contributed by atoms with van der Waals surface area (Å²) in [6.07, 6.45) is 5.13. The van der Waals surface area contributed by atoms with Gasteiger partial charge in [0.2, 0.25) is 0 Å². The van der Waals surface area contributed by atoms with E-state index in [1.165, 1.54) is 4.90 Å². The summed E-state index contributed by atoms with van der Waals surface area (Å²) in [5.41, 5.74) is 1.45. The average molecular weight is 248 g/mol. The molecule has 1 aliphatic rings. The highest BCUT2D eigenvalue weighted by Crippen LogP contribution is 2.28. The third-order valence-corrected chi connectivity index (χ3v) is 2.97. The summed E-state index contributed by atoms with van der Waals surface area (Å²) in [5.74, 6) is 0.959. The van der Waals surface area contributed by atoms with E-state index in [9.17, 15) is 9.90 Å². The zero-order valence-corrected chi connectivity index (χ0v) is 10.5. The highest BCUT2D eigenvalue weighted by Gasteiger charge is 2.24. The Morgan fingerprint density at radius 1 is 1.56 bits per heavy atom. The van der Waals surface area contributed by atoms with Gasteiger partial charge >= 0.3 is 6.09 Å². The standard InChI is InChI=1S/C13H16N2O3/c1-9-3-4-12(15(8-9)13(16)17)10-5-11(18-2)7-14-6-10/h4-7,9H,3,8H2,1-2H3,(H,16,17)/t9-/m0/s1. The first-order valence-corrected chi connectivity index (χ1v) is 5.82. The normalized spacial score (nSPS) is 19.3. The molecule has 1 aromatic rings. The molecule has 0 saturated carbocycles. The molecule has 1 aromatic heterocycles. The fourth-order valence-corrected chi connectivity index (χ4v) is 2.03. The monoisotopic (exact) mass is 248 g/mol. The molecule has 1 aliphatic heterocycles. The molecule has 5 heteroatoms. The Morgan fingerprint density at radius 2 is 2.33 bits per heavy atom. The minimum atomic E-state index is -0.935. The Bertz CT molecular complexity index is 485. The molecule has 18 heavy (non-hydrogen) atoms. The first-order chi connectivity index (χ1) is 8.61. The molecule has 0 radical (unpaired) electrons. The van der Waals surface area contributed by atoms with E-state index < -0.39 is 6.09 Å². The zero-order chi connectivity index (χ0) is 13.1. The van der Waals surface area contributed by atoms with Crippen LogP contribution in [0.5, 0.6) is 5.75 Å². The summed E-state index contributed by atoms with van der Waals surface area (Å²) in [6, 6.07) is 1.80. The van der Waals surface area contributed by atoms with Crippen LogP contribution in [0.1, 0.15) is 18.9 Å². The molecular formula is C13H16N2O3. The van der Waals surface area contributed by atoms with Crippen LogP contribution in [0.15, 0.2) is 24.5 Å². The number of carbonyl (C=O) groups is 1. The van der Waals surface area contributed by atoms with Crippen molar-refractivity contribution in [2.45, 2.75) is 13.3 Å². The van der Waals surface area contributed by atoms with E-state index in [0.29, 0.717) is 23.9 Å². The summed E-state index contributed by atoms with van der Waals surface area (Å²) < 4.78 is 5.11. The van der Waals surface area contributed by atoms with Gasteiger partial charge < -0.3 is 9.84 Å². The maximum Gasteiger partial charge on any atom is 0.411 e. The first-order valence-electron chi connectivity index (χ1n) is 5.82. The number of allylic oxidation sites excluding steroid dienone is 1. The van der Waals surface area contributed by atoms with Crippen LogP contribution in [0.3, 0.4) is 0 Å². The summed E-state index contributed by atoms with van der Waals surface area (Å²) in [7, 11) is 1.56. The Labute approximate surface area is 106 Å². The largest absolute Gasteiger partial charge is 0.495 e. The van der Waals surface area contributed by atoms with Crippen molar-refractivity contribution in [2.24, 2.45) is 5.92 Å². The van der Waals surface area contributed by atoms with Crippen LogP contribution in [-0.2, 0) is 0 Å². The number of nitrogens with zero attached hydrogens (tertiary/aromatic N) is 2. The second-order valence-electron chi connectivity index (χ2n) is 4.44. The maximum atomic E-state index is 11.3. The molecule has 0 aromatic carbocycles. The molecule has 1 atom stereocenters. The smallest absolute Gasteiger partial charge is 0.411 e. The van der Waals surface area contributed by atoms with E-state index in [4.69, 9.17) is 4.74 Å². The Hall–Kier alpha value is -2.04. The summed E-state index contributed by atoms with van der Waals surface area (Å²) in [6.45, 7) is 2.55. The van der Waals surface area contributed by atoms with E-state index in [-0.39, 0.29) is 0 Å². The van der Waals surface area contributed by atoms with Gasteiger partial charge in [0.05, 0.1) is 19.0 Å². The quantitative estimate of drug-likeness (QED) is 0.873. The second kappa shape index (κ2) is 5.08. The van der Waals surface area contributed by atoms with Crippen molar-refractivity contribution in [3.8, 4) is 5.75 Å². The fourth-order valence-electron chi connectivity index (χ4n) is 2.03. The Kier molecular flexibility index (Phi) is 3.50. The van der Waals surface area contributed by atoms with Crippen molar-refractivity contribution in [3.05, 3.63) is 30.1 Å². The van der Waals surface area contributed by atoms with Crippen molar-refractivity contribution in [1.29, 1.82) is 0 Å². The van der Waals surface area contributed by atoms with Crippen LogP contribution >= 0.6 is 0 Å². The second-order valence-corrected chi connectivity index (χ2v) is 4.44. The number of methoxy groups -OCH3 is 1. The maximum absolute atomic E-state index is 11.3. The van der Waals surface area contributed by atoms with Crippen LogP contribution in [-0.4, -0.2) is 34.7 Å². The molecular weight excluding hydrogens is 232 g/mol. The molecule has 1 N–H and O–H groups in total. The number of hydrogen-bond acceptors (Lipinski definition) is 3. The van der Waals surface area contributed by atoms with Gasteiger partial charge in [0.1, 0.15) is 5.75 Å². The minimum Gasteiger partial charge on any atom is -0.495 e. The van der Waals surface area contributed by atoms with Gasteiger partial charge in [-0.25, -0.2) is 4.79 Å². The predicted molar refractivity (Wildman–Crippen MR) is 67.3 cm³/mol. The van der Waals surface area contributed by atoms with Gasteiger partial charge in [-0.05, 0) is 18.4 Å². The van der Waals surface area contributed by atoms with E-state index in [1.807, 2.05) is 13.0 Å². The topological polar surface area (TPSA) is 62.7 Å². The number of amides is 1. The van der Waals surface area contributed by atoms with Crippen LogP contribution < -0.4 is 4.74 Å². The summed E-state index contributed by atoms with van der Waals surface area (Å²) in [5, 5.41) is 9.25. The van der Waals surface area contributed by atoms with E-state index in [1.54, 1.807) is 25.6 Å². The van der Waals surface area contributed by atoms with E-state index in [0.717, 1.165) is 12.0 Å². The highest BCUT2D eigenvalue weighted by atomic mass is 16.5. The first kappa shape index (κ1) is 12.4. The average Bonchev–Trinajstić information content (AvgIpc) is 2.38. The summed E-state index contributed by atoms with van der Waals surface area (Å²) >= 11 is 0. The van der Waals surface area contributed by atoms with Crippen molar-refractivity contribution >= 4 is 11.8 Å². The molecule has 2 heterocycles. The fraction of sp³-hybridized carbons (Fsp3) is 0.385. The third-order valence-electron chi connectivity index (χ3n) is 2.97. The lowest BCUT2D eigenvalue weighted by Gasteiger charge is -2.29. The Balaban J connectivity index is 2.37. The number of carboxylic acid groups (broad SMARTS) is 1. The number of hydrogen-bond donors (Lipinski definition) is 1. The molecule has 0 spiro atoms. The SMILES string of the molecule is COc1cncc(C2=CC[C@H](C)CN2C(=O)O)c1. The Morgan fingerprint density at radius 3 is 3.00 bits per heavy atom. The minimum absolute atomic E-state index is 0.336. The van der Waals surface area contributed by atoms with Gasteiger partial charge in [-0.1, -0.05) is 13.0 Å². The van der Waals surface area contributed by atoms with Gasteiger partial charge in [-0.2, -0.15) is 0 Å². The van der Waals surface area contributed by atoms with Crippen molar-refractivity contribution in [3.63, 3.8) is 0 Å². The molecule has 1 amide bonds. The van der Waals surface area contributed by atoms with E-state index >= 15 is 0 Å². The van der Waals surface area contributed by atoms with Crippen LogP contribution in [0.4, 0.5) is 4.79 Å². The summed E-state index contributed by atoms with van der Waals surface area (Å²) in [4.78, 5) is 16.7. The molecule has 0 fully saturated rings. The molecule has 0 unspecified atom stereocenters. The predicted octanol–water partition coefficient (Wildman–Crippen LogP) is 2.45. The van der Waals surface area contributed by atoms with Crippen molar-refractivity contribution in [1.82, 2.24) is 9.88 Å². The molecule has 5 nitrogen and oxygen atoms in total. The number of ether oxygens (including phenoxy) is 1. The number of aromatic nitrogens is 1. The highest BCUT2D eigenvalue weighted by molar-refractivity contribution is 5.81. The number of rotatable bonds is 2. The van der Waals surface area contributed by atoms with Crippen molar-refractivity contribution in [2.75, 3.05) is 13.7 Å².